The number of nitrogens with two attached hydrogens (primary N) is 1. The summed E-state index contributed by atoms with van der Waals surface area (Å²) in [6.45, 7) is 0. The van der Waals surface area contributed by atoms with Crippen molar-refractivity contribution in [1.82, 2.24) is 10.2 Å². The molecule has 0 atom stereocenters. The van der Waals surface area contributed by atoms with Crippen LogP contribution in [0.3, 0.4) is 0 Å². The number of H-pyrrole nitrogens is 1. The van der Waals surface area contributed by atoms with E-state index in [1.165, 1.54) is 12.4 Å². The van der Waals surface area contributed by atoms with Crippen molar-refractivity contribution in [3.8, 4) is 0 Å². The third-order valence-corrected chi connectivity index (χ3v) is 4.51. The zero-order valence-electron chi connectivity index (χ0n) is 8.81. The van der Waals surface area contributed by atoms with Crippen molar-refractivity contribution in [3.05, 3.63) is 33.5 Å². The number of halogens is 2. The highest BCUT2D eigenvalue weighted by molar-refractivity contribution is 9.11. The van der Waals surface area contributed by atoms with Gasteiger partial charge in [0, 0.05) is 15.1 Å². The molecule has 0 amide bonds. The summed E-state index contributed by atoms with van der Waals surface area (Å²) in [6.07, 6.45) is 2.50. The minimum atomic E-state index is -3.70. The van der Waals surface area contributed by atoms with Gasteiger partial charge in [-0.2, -0.15) is 5.10 Å². The average Bonchev–Trinajstić information content (AvgIpc) is 2.77. The molecule has 0 aliphatic heterocycles. The molecule has 1 heterocycles. The van der Waals surface area contributed by atoms with Crippen molar-refractivity contribution in [2.75, 3.05) is 10.5 Å². The van der Waals surface area contributed by atoms with Gasteiger partial charge < -0.3 is 5.73 Å². The maximum atomic E-state index is 12.0. The lowest BCUT2D eigenvalue weighted by atomic mass is 10.3. The zero-order chi connectivity index (χ0) is 13.3. The van der Waals surface area contributed by atoms with Gasteiger partial charge >= 0.3 is 0 Å². The molecule has 0 fully saturated rings. The molecule has 9 heteroatoms. The molecule has 0 bridgehead atoms. The Morgan fingerprint density at radius 1 is 1.33 bits per heavy atom. The van der Waals surface area contributed by atoms with E-state index in [2.05, 4.69) is 46.8 Å². The number of anilines is 2. The highest BCUT2D eigenvalue weighted by Gasteiger charge is 2.18. The molecular formula is C9H8Br2N4O2S. The summed E-state index contributed by atoms with van der Waals surface area (Å²) >= 11 is 6.52. The van der Waals surface area contributed by atoms with Crippen LogP contribution in [0.25, 0.3) is 0 Å². The first-order chi connectivity index (χ1) is 8.40. The fourth-order valence-electron chi connectivity index (χ4n) is 1.28. The SMILES string of the molecule is Nc1cc(Br)cc(Br)c1NS(=O)(=O)c1cn[nH]c1. The van der Waals surface area contributed by atoms with Crippen LogP contribution in [0, 0.1) is 0 Å². The van der Waals surface area contributed by atoms with Crippen LogP contribution in [0.1, 0.15) is 0 Å². The number of sulfonamides is 1. The Morgan fingerprint density at radius 3 is 2.61 bits per heavy atom. The van der Waals surface area contributed by atoms with E-state index in [1.807, 2.05) is 0 Å². The van der Waals surface area contributed by atoms with Crippen molar-refractivity contribution >= 4 is 53.3 Å². The molecule has 0 unspecified atom stereocenters. The Kier molecular flexibility index (Phi) is 3.64. The van der Waals surface area contributed by atoms with Crippen LogP contribution in [-0.2, 0) is 10.0 Å². The predicted octanol–water partition coefficient (Wildman–Crippen LogP) is 2.32. The van der Waals surface area contributed by atoms with E-state index < -0.39 is 10.0 Å². The molecule has 0 aliphatic carbocycles. The van der Waals surface area contributed by atoms with E-state index in [1.54, 1.807) is 12.1 Å². The number of aromatic amines is 1. The van der Waals surface area contributed by atoms with Gasteiger partial charge in [0.1, 0.15) is 4.90 Å². The number of benzene rings is 1. The fraction of sp³-hybridized carbons (Fsp3) is 0. The van der Waals surface area contributed by atoms with Crippen LogP contribution in [0.2, 0.25) is 0 Å². The second-order valence-electron chi connectivity index (χ2n) is 3.39. The first-order valence-electron chi connectivity index (χ1n) is 4.66. The molecule has 2 rings (SSSR count). The van der Waals surface area contributed by atoms with Gasteiger partial charge in [0.15, 0.2) is 0 Å². The molecule has 6 nitrogen and oxygen atoms in total. The van der Waals surface area contributed by atoms with Crippen molar-refractivity contribution in [2.45, 2.75) is 4.90 Å². The Hall–Kier alpha value is -1.06. The molecule has 0 spiro atoms. The summed E-state index contributed by atoms with van der Waals surface area (Å²) in [5.41, 5.74) is 6.37. The molecule has 1 aromatic heterocycles. The van der Waals surface area contributed by atoms with Gasteiger partial charge in [0.05, 0.1) is 17.6 Å². The molecule has 0 saturated heterocycles. The lowest BCUT2D eigenvalue weighted by Crippen LogP contribution is -2.14. The van der Waals surface area contributed by atoms with Crippen LogP contribution in [0.15, 0.2) is 38.4 Å². The molecule has 0 radical (unpaired) electrons. The molecule has 0 aliphatic rings. The molecule has 2 aromatic rings. The second kappa shape index (κ2) is 4.90. The van der Waals surface area contributed by atoms with Gasteiger partial charge in [-0.1, -0.05) is 15.9 Å². The topological polar surface area (TPSA) is 101 Å². The van der Waals surface area contributed by atoms with E-state index in [0.717, 1.165) is 4.47 Å². The molecule has 18 heavy (non-hydrogen) atoms. The Morgan fingerprint density at radius 2 is 2.06 bits per heavy atom. The van der Waals surface area contributed by atoms with Crippen LogP contribution in [0.4, 0.5) is 11.4 Å². The fourth-order valence-corrected chi connectivity index (χ4v) is 3.78. The number of hydrogen-bond donors (Lipinski definition) is 3. The summed E-state index contributed by atoms with van der Waals surface area (Å²) < 4.78 is 27.7. The first kappa shape index (κ1) is 13.4. The lowest BCUT2D eigenvalue weighted by molar-refractivity contribution is 0.601. The number of hydrogen-bond acceptors (Lipinski definition) is 4. The molecule has 1 aromatic carbocycles. The average molecular weight is 396 g/mol. The maximum Gasteiger partial charge on any atom is 0.265 e. The predicted molar refractivity (Wildman–Crippen MR) is 75.7 cm³/mol. The van der Waals surface area contributed by atoms with E-state index in [9.17, 15) is 8.42 Å². The van der Waals surface area contributed by atoms with E-state index >= 15 is 0 Å². The van der Waals surface area contributed by atoms with Gasteiger partial charge in [0.2, 0.25) is 0 Å². The number of nitrogens with one attached hydrogen (secondary N) is 2. The van der Waals surface area contributed by atoms with Gasteiger partial charge in [-0.05, 0) is 28.1 Å². The largest absolute Gasteiger partial charge is 0.397 e. The lowest BCUT2D eigenvalue weighted by Gasteiger charge is -2.11. The third kappa shape index (κ3) is 2.68. The summed E-state index contributed by atoms with van der Waals surface area (Å²) in [6, 6.07) is 3.31. The van der Waals surface area contributed by atoms with E-state index in [0.29, 0.717) is 15.8 Å². The van der Waals surface area contributed by atoms with Crippen LogP contribution in [-0.4, -0.2) is 18.6 Å². The molecule has 96 valence electrons. The molecule has 0 saturated carbocycles. The van der Waals surface area contributed by atoms with Crippen molar-refractivity contribution in [3.63, 3.8) is 0 Å². The van der Waals surface area contributed by atoms with Crippen molar-refractivity contribution < 1.29 is 8.42 Å². The monoisotopic (exact) mass is 394 g/mol. The summed E-state index contributed by atoms with van der Waals surface area (Å²) in [5, 5.41) is 6.03. The number of nitrogens with zero attached hydrogens (tertiary/aromatic N) is 1. The second-order valence-corrected chi connectivity index (χ2v) is 6.84. The zero-order valence-corrected chi connectivity index (χ0v) is 12.8. The quantitative estimate of drug-likeness (QED) is 0.694. The maximum absolute atomic E-state index is 12.0. The molecular weight excluding hydrogens is 388 g/mol. The Labute approximate surface area is 120 Å². The first-order valence-corrected chi connectivity index (χ1v) is 7.73. The van der Waals surface area contributed by atoms with E-state index in [4.69, 9.17) is 5.73 Å². The standard InChI is InChI=1S/C9H8Br2N4O2S/c10-5-1-7(11)9(8(12)2-5)15-18(16,17)6-3-13-14-4-6/h1-4,15H,12H2,(H,13,14). The number of nitrogen functional groups attached to an aromatic ring is 1. The Balaban J connectivity index is 2.42. The minimum absolute atomic E-state index is 0.0386. The number of aromatic nitrogens is 2. The summed E-state index contributed by atoms with van der Waals surface area (Å²) in [5.74, 6) is 0. The van der Waals surface area contributed by atoms with Crippen LogP contribution < -0.4 is 10.5 Å². The van der Waals surface area contributed by atoms with Gasteiger partial charge in [-0.3, -0.25) is 9.82 Å². The molecule has 4 N–H and O–H groups in total. The van der Waals surface area contributed by atoms with Gasteiger partial charge in [-0.25, -0.2) is 8.42 Å². The Bertz CT molecular complexity index is 647. The van der Waals surface area contributed by atoms with Gasteiger partial charge in [0.25, 0.3) is 10.0 Å². The van der Waals surface area contributed by atoms with Gasteiger partial charge in [-0.15, -0.1) is 0 Å². The number of rotatable bonds is 3. The third-order valence-electron chi connectivity index (χ3n) is 2.11. The minimum Gasteiger partial charge on any atom is -0.397 e. The van der Waals surface area contributed by atoms with E-state index in [-0.39, 0.29) is 4.90 Å². The summed E-state index contributed by atoms with van der Waals surface area (Å²) in [7, 11) is -3.70. The van der Waals surface area contributed by atoms with Crippen molar-refractivity contribution in [2.24, 2.45) is 0 Å². The van der Waals surface area contributed by atoms with Crippen LogP contribution >= 0.6 is 31.9 Å². The van der Waals surface area contributed by atoms with Crippen molar-refractivity contribution in [1.29, 1.82) is 0 Å². The normalized spacial score (nSPS) is 11.4. The highest BCUT2D eigenvalue weighted by atomic mass is 79.9. The highest BCUT2D eigenvalue weighted by Crippen LogP contribution is 2.33. The smallest absolute Gasteiger partial charge is 0.265 e. The summed E-state index contributed by atoms with van der Waals surface area (Å²) in [4.78, 5) is 0.0386. The van der Waals surface area contributed by atoms with Crippen LogP contribution in [0.5, 0.6) is 0 Å².